The molecule has 3 rings (SSSR count). The van der Waals surface area contributed by atoms with E-state index < -0.39 is 5.97 Å². The third kappa shape index (κ3) is 2.17. The number of rotatable bonds is 3. The van der Waals surface area contributed by atoms with E-state index in [4.69, 9.17) is 9.84 Å². The zero-order valence-electron chi connectivity index (χ0n) is 10.5. The number of hydrogen-bond acceptors (Lipinski definition) is 5. The number of carboxylic acids is 1. The highest BCUT2D eigenvalue weighted by Crippen LogP contribution is 2.29. The molecule has 2 aromatic rings. The number of aromatic carboxylic acids is 1. The van der Waals surface area contributed by atoms with Crippen molar-refractivity contribution in [3.05, 3.63) is 23.9 Å². The lowest BCUT2D eigenvalue weighted by Crippen LogP contribution is -2.21. The minimum atomic E-state index is -0.973. The second kappa shape index (κ2) is 4.79. The van der Waals surface area contributed by atoms with Crippen molar-refractivity contribution >= 4 is 33.3 Å². The molecule has 2 heterocycles. The number of carbonyl (C=O) groups is 1. The van der Waals surface area contributed by atoms with Gasteiger partial charge >= 0.3 is 5.97 Å². The van der Waals surface area contributed by atoms with Gasteiger partial charge in [0.2, 0.25) is 0 Å². The topological polar surface area (TPSA) is 62.7 Å². The van der Waals surface area contributed by atoms with Gasteiger partial charge in [-0.3, -0.25) is 0 Å². The maximum atomic E-state index is 11.1. The van der Waals surface area contributed by atoms with Gasteiger partial charge in [-0.25, -0.2) is 4.79 Å². The highest BCUT2D eigenvalue weighted by molar-refractivity contribution is 7.13. The first kappa shape index (κ1) is 12.4. The van der Waals surface area contributed by atoms with Crippen molar-refractivity contribution in [3.63, 3.8) is 0 Å². The Bertz CT molecular complexity index is 625. The SMILES string of the molecule is CO[C@H]1CCN(c2ccc3snc(C(=O)O)c3c2)C1. The molecule has 1 aromatic carbocycles. The van der Waals surface area contributed by atoms with Crippen LogP contribution in [0.15, 0.2) is 18.2 Å². The van der Waals surface area contributed by atoms with E-state index in [1.54, 1.807) is 7.11 Å². The molecular weight excluding hydrogens is 264 g/mol. The number of ether oxygens (including phenoxy) is 1. The van der Waals surface area contributed by atoms with Crippen molar-refractivity contribution in [2.45, 2.75) is 12.5 Å². The summed E-state index contributed by atoms with van der Waals surface area (Å²) in [5, 5.41) is 9.84. The fourth-order valence-corrected chi connectivity index (χ4v) is 3.18. The fourth-order valence-electron chi connectivity index (χ4n) is 2.43. The van der Waals surface area contributed by atoms with Crippen LogP contribution < -0.4 is 4.90 Å². The van der Waals surface area contributed by atoms with E-state index in [9.17, 15) is 4.79 Å². The van der Waals surface area contributed by atoms with Crippen LogP contribution in [0.1, 0.15) is 16.9 Å². The average Bonchev–Trinajstić information content (AvgIpc) is 3.04. The van der Waals surface area contributed by atoms with E-state index in [2.05, 4.69) is 9.27 Å². The first-order chi connectivity index (χ1) is 9.19. The summed E-state index contributed by atoms with van der Waals surface area (Å²) < 4.78 is 10.2. The van der Waals surface area contributed by atoms with Gasteiger partial charge in [0.15, 0.2) is 5.69 Å². The Morgan fingerprint density at radius 2 is 2.42 bits per heavy atom. The van der Waals surface area contributed by atoms with Gasteiger partial charge in [0.05, 0.1) is 10.8 Å². The quantitative estimate of drug-likeness (QED) is 0.932. The van der Waals surface area contributed by atoms with Crippen molar-refractivity contribution in [1.82, 2.24) is 4.37 Å². The van der Waals surface area contributed by atoms with Crippen molar-refractivity contribution < 1.29 is 14.6 Å². The summed E-state index contributed by atoms with van der Waals surface area (Å²) in [7, 11) is 1.72. The molecule has 1 aromatic heterocycles. The lowest BCUT2D eigenvalue weighted by Gasteiger charge is -2.18. The normalized spacial score (nSPS) is 19.2. The minimum Gasteiger partial charge on any atom is -0.476 e. The van der Waals surface area contributed by atoms with Crippen LogP contribution >= 0.6 is 11.5 Å². The molecule has 19 heavy (non-hydrogen) atoms. The van der Waals surface area contributed by atoms with Gasteiger partial charge in [-0.1, -0.05) is 0 Å². The van der Waals surface area contributed by atoms with Crippen molar-refractivity contribution in [2.75, 3.05) is 25.1 Å². The number of aromatic nitrogens is 1. The Labute approximate surface area is 114 Å². The van der Waals surface area contributed by atoms with E-state index in [0.717, 1.165) is 35.3 Å². The Morgan fingerprint density at radius 1 is 1.58 bits per heavy atom. The first-order valence-electron chi connectivity index (χ1n) is 6.09. The highest BCUT2D eigenvalue weighted by atomic mass is 32.1. The summed E-state index contributed by atoms with van der Waals surface area (Å²) in [6.45, 7) is 1.78. The predicted octanol–water partition coefficient (Wildman–Crippen LogP) is 2.22. The lowest BCUT2D eigenvalue weighted by atomic mass is 10.2. The van der Waals surface area contributed by atoms with Gasteiger partial charge in [0.25, 0.3) is 0 Å². The largest absolute Gasteiger partial charge is 0.476 e. The monoisotopic (exact) mass is 278 g/mol. The van der Waals surface area contributed by atoms with Crippen LogP contribution in [0.25, 0.3) is 10.1 Å². The zero-order chi connectivity index (χ0) is 13.4. The molecule has 6 heteroatoms. The first-order valence-corrected chi connectivity index (χ1v) is 6.87. The molecule has 1 N–H and O–H groups in total. The maximum absolute atomic E-state index is 11.1. The molecule has 5 nitrogen and oxygen atoms in total. The smallest absolute Gasteiger partial charge is 0.356 e. The molecule has 1 aliphatic rings. The second-order valence-electron chi connectivity index (χ2n) is 4.61. The standard InChI is InChI=1S/C13H14N2O3S/c1-18-9-4-5-15(7-9)8-2-3-11-10(6-8)12(13(16)17)14-19-11/h2-3,6,9H,4-5,7H2,1H3,(H,16,17)/t9-/m0/s1. The van der Waals surface area contributed by atoms with Crippen molar-refractivity contribution in [2.24, 2.45) is 0 Å². The van der Waals surface area contributed by atoms with Crippen LogP contribution in [0.5, 0.6) is 0 Å². The van der Waals surface area contributed by atoms with Gasteiger partial charge < -0.3 is 14.7 Å². The number of fused-ring (bicyclic) bond motifs is 1. The molecule has 0 saturated carbocycles. The second-order valence-corrected chi connectivity index (χ2v) is 5.41. The maximum Gasteiger partial charge on any atom is 0.356 e. The zero-order valence-corrected chi connectivity index (χ0v) is 11.3. The van der Waals surface area contributed by atoms with E-state index in [-0.39, 0.29) is 11.8 Å². The molecule has 100 valence electrons. The molecule has 1 atom stereocenters. The molecule has 0 aliphatic carbocycles. The summed E-state index contributed by atoms with van der Waals surface area (Å²) in [4.78, 5) is 13.3. The highest BCUT2D eigenvalue weighted by Gasteiger charge is 2.23. The van der Waals surface area contributed by atoms with Crippen LogP contribution in [-0.4, -0.2) is 41.8 Å². The molecule has 0 bridgehead atoms. The summed E-state index contributed by atoms with van der Waals surface area (Å²) in [5.41, 5.74) is 1.18. The number of hydrogen-bond donors (Lipinski definition) is 1. The fraction of sp³-hybridized carbons (Fsp3) is 0.385. The number of nitrogens with zero attached hydrogens (tertiary/aromatic N) is 2. The van der Waals surface area contributed by atoms with Crippen molar-refractivity contribution in [1.29, 1.82) is 0 Å². The van der Waals surface area contributed by atoms with Crippen LogP contribution in [-0.2, 0) is 4.74 Å². The van der Waals surface area contributed by atoms with Crippen LogP contribution in [0.4, 0.5) is 5.69 Å². The molecular formula is C13H14N2O3S. The molecule has 0 radical (unpaired) electrons. The number of anilines is 1. The summed E-state index contributed by atoms with van der Waals surface area (Å²) >= 11 is 1.22. The van der Waals surface area contributed by atoms with Crippen LogP contribution in [0, 0.1) is 0 Å². The van der Waals surface area contributed by atoms with Gasteiger partial charge in [-0.05, 0) is 36.2 Å². The van der Waals surface area contributed by atoms with Gasteiger partial charge in [-0.2, -0.15) is 4.37 Å². The average molecular weight is 278 g/mol. The summed E-state index contributed by atoms with van der Waals surface area (Å²) in [5.74, 6) is -0.973. The molecule has 1 saturated heterocycles. The molecule has 1 fully saturated rings. The molecule has 0 amide bonds. The Hall–Kier alpha value is -1.66. The lowest BCUT2D eigenvalue weighted by molar-refractivity contribution is 0.0694. The summed E-state index contributed by atoms with van der Waals surface area (Å²) in [6, 6.07) is 5.87. The molecule has 1 aliphatic heterocycles. The molecule has 0 spiro atoms. The van der Waals surface area contributed by atoms with E-state index >= 15 is 0 Å². The Kier molecular flexibility index (Phi) is 3.12. The number of methoxy groups -OCH3 is 1. The van der Waals surface area contributed by atoms with E-state index in [0.29, 0.717) is 0 Å². The molecule has 0 unspecified atom stereocenters. The van der Waals surface area contributed by atoms with Crippen LogP contribution in [0.3, 0.4) is 0 Å². The van der Waals surface area contributed by atoms with Crippen LogP contribution in [0.2, 0.25) is 0 Å². The van der Waals surface area contributed by atoms with Crippen molar-refractivity contribution in [3.8, 4) is 0 Å². The Balaban J connectivity index is 1.97. The number of carboxylic acid groups (broad SMARTS) is 1. The van der Waals surface area contributed by atoms with E-state index in [1.807, 2.05) is 18.2 Å². The summed E-state index contributed by atoms with van der Waals surface area (Å²) in [6.07, 6.45) is 1.26. The Morgan fingerprint density at radius 3 is 3.11 bits per heavy atom. The van der Waals surface area contributed by atoms with Gasteiger partial charge in [-0.15, -0.1) is 0 Å². The third-order valence-corrected chi connectivity index (χ3v) is 4.33. The van der Waals surface area contributed by atoms with E-state index in [1.165, 1.54) is 11.5 Å². The van der Waals surface area contributed by atoms with Gasteiger partial charge in [0, 0.05) is 31.3 Å². The minimum absolute atomic E-state index is 0.143. The predicted molar refractivity (Wildman–Crippen MR) is 74.2 cm³/mol. The third-order valence-electron chi connectivity index (χ3n) is 3.50. The number of benzene rings is 1. The van der Waals surface area contributed by atoms with Gasteiger partial charge in [0.1, 0.15) is 0 Å².